The van der Waals surface area contributed by atoms with Crippen LogP contribution in [0, 0.1) is 18.3 Å². The first-order valence-electron chi connectivity index (χ1n) is 14.4. The Hall–Kier alpha value is -3.17. The number of hydrogen-bond acceptors (Lipinski definition) is 5. The normalized spacial score (nSPS) is 11.5. The molecule has 2 aromatic rings. The molecule has 6 heteroatoms. The molecule has 2 atom stereocenters. The van der Waals surface area contributed by atoms with Crippen LogP contribution >= 0.6 is 0 Å². The van der Waals surface area contributed by atoms with Crippen LogP contribution in [0.4, 0.5) is 0 Å². The van der Waals surface area contributed by atoms with Crippen molar-refractivity contribution in [3.63, 3.8) is 0 Å². The first-order valence-corrected chi connectivity index (χ1v) is 14.4. The fourth-order valence-corrected chi connectivity index (χ4v) is 3.70. The number of aryl methyl sites for hydroxylation is 1. The molecule has 1 unspecified atom stereocenters. The van der Waals surface area contributed by atoms with Gasteiger partial charge in [-0.3, -0.25) is 9.59 Å². The van der Waals surface area contributed by atoms with Gasteiger partial charge in [0.05, 0.1) is 6.07 Å². The van der Waals surface area contributed by atoms with E-state index >= 15 is 0 Å². The number of carbonyl (C=O) groups excluding carboxylic acids is 2. The van der Waals surface area contributed by atoms with Gasteiger partial charge in [0.15, 0.2) is 0 Å². The van der Waals surface area contributed by atoms with E-state index in [0.29, 0.717) is 24.7 Å². The van der Waals surface area contributed by atoms with Gasteiger partial charge in [-0.15, -0.1) is 0 Å². The monoisotopic (exact) mass is 538 g/mol. The van der Waals surface area contributed by atoms with Crippen molar-refractivity contribution in [1.82, 2.24) is 5.32 Å². The molecule has 39 heavy (non-hydrogen) atoms. The van der Waals surface area contributed by atoms with Crippen LogP contribution < -0.4 is 10.1 Å². The predicted molar refractivity (Wildman–Crippen MR) is 161 cm³/mol. The van der Waals surface area contributed by atoms with Crippen molar-refractivity contribution >= 4 is 11.9 Å². The topological polar surface area (TPSA) is 88.4 Å². The van der Waals surface area contributed by atoms with E-state index in [1.165, 1.54) is 30.9 Å². The quantitative estimate of drug-likeness (QED) is 0.120. The number of carbonyl (C=O) groups is 2. The number of hydrogen-bond donors (Lipinski definition) is 1. The Kier molecular flexibility index (Phi) is 20.0. The first kappa shape index (κ1) is 35.8. The molecular weight excluding hydrogens is 488 g/mol. The fraction of sp³-hybridized carbons (Fsp3) is 0.545. The summed E-state index contributed by atoms with van der Waals surface area (Å²) < 4.78 is 10.8. The number of nitriles is 1. The predicted octanol–water partition coefficient (Wildman–Crippen LogP) is 8.13. The second-order valence-electron chi connectivity index (χ2n) is 9.23. The van der Waals surface area contributed by atoms with Crippen LogP contribution in [0.5, 0.6) is 5.75 Å². The minimum absolute atomic E-state index is 0.0501. The Labute approximate surface area is 237 Å². The molecule has 6 nitrogen and oxygen atoms in total. The highest BCUT2D eigenvalue weighted by Crippen LogP contribution is 2.33. The van der Waals surface area contributed by atoms with Crippen molar-refractivity contribution in [2.45, 2.75) is 106 Å². The second kappa shape index (κ2) is 21.7. The largest absolute Gasteiger partial charge is 0.426 e. The van der Waals surface area contributed by atoms with E-state index in [9.17, 15) is 9.59 Å². The van der Waals surface area contributed by atoms with Crippen molar-refractivity contribution in [3.05, 3.63) is 53.6 Å². The van der Waals surface area contributed by atoms with Gasteiger partial charge in [0.1, 0.15) is 18.4 Å². The molecule has 0 aliphatic heterocycles. The zero-order chi connectivity index (χ0) is 29.6. The third-order valence-corrected chi connectivity index (χ3v) is 6.11. The molecule has 0 fully saturated rings. The van der Waals surface area contributed by atoms with Crippen LogP contribution in [0.15, 0.2) is 42.5 Å². The molecule has 0 aliphatic carbocycles. The van der Waals surface area contributed by atoms with Crippen molar-refractivity contribution in [2.75, 3.05) is 13.2 Å². The highest BCUT2D eigenvalue weighted by atomic mass is 16.5. The van der Waals surface area contributed by atoms with E-state index in [0.717, 1.165) is 30.4 Å². The molecule has 1 amide bonds. The number of nitrogens with zero attached hydrogens (tertiary/aromatic N) is 1. The molecule has 0 aromatic heterocycles. The zero-order valence-electron chi connectivity index (χ0n) is 25.4. The van der Waals surface area contributed by atoms with Crippen LogP contribution in [0.3, 0.4) is 0 Å². The molecule has 0 saturated carbocycles. The molecule has 0 saturated heterocycles. The van der Waals surface area contributed by atoms with Crippen LogP contribution in [-0.4, -0.2) is 31.1 Å². The second-order valence-corrected chi connectivity index (χ2v) is 9.23. The van der Waals surface area contributed by atoms with E-state index in [1.54, 1.807) is 0 Å². The Bertz CT molecular complexity index is 996. The molecule has 0 heterocycles. The lowest BCUT2D eigenvalue weighted by molar-refractivity contribution is -0.133. The summed E-state index contributed by atoms with van der Waals surface area (Å²) >= 11 is 0. The SMILES string of the molecule is CC.CCC(C)c1cc(-c2ccc(C)cc2)ccc1OC(C)=O.CCCCCCO[C@@H](CC)C(=O)NCC#N. The third-order valence-electron chi connectivity index (χ3n) is 6.11. The van der Waals surface area contributed by atoms with E-state index in [-0.39, 0.29) is 18.4 Å². The highest BCUT2D eigenvalue weighted by Gasteiger charge is 2.16. The van der Waals surface area contributed by atoms with Crippen LogP contribution in [-0.2, 0) is 14.3 Å². The third kappa shape index (κ3) is 14.5. The van der Waals surface area contributed by atoms with Gasteiger partial charge >= 0.3 is 5.97 Å². The Morgan fingerprint density at radius 1 is 0.949 bits per heavy atom. The minimum Gasteiger partial charge on any atom is -0.426 e. The van der Waals surface area contributed by atoms with E-state index in [4.69, 9.17) is 14.7 Å². The smallest absolute Gasteiger partial charge is 0.308 e. The lowest BCUT2D eigenvalue weighted by Crippen LogP contribution is -2.36. The Morgan fingerprint density at radius 2 is 1.59 bits per heavy atom. The Balaban J connectivity index is 0.000000723. The number of rotatable bonds is 13. The van der Waals surface area contributed by atoms with Gasteiger partial charge in [-0.25, -0.2) is 0 Å². The number of nitrogens with one attached hydrogen (secondary N) is 1. The van der Waals surface area contributed by atoms with Gasteiger partial charge in [-0.2, -0.15) is 5.26 Å². The molecule has 0 spiro atoms. The molecule has 2 aromatic carbocycles. The summed E-state index contributed by atoms with van der Waals surface area (Å²) in [5.41, 5.74) is 4.67. The van der Waals surface area contributed by atoms with Crippen LogP contribution in [0.1, 0.15) is 104 Å². The minimum atomic E-state index is -0.407. The highest BCUT2D eigenvalue weighted by molar-refractivity contribution is 5.80. The average molecular weight is 539 g/mol. The molecule has 0 radical (unpaired) electrons. The summed E-state index contributed by atoms with van der Waals surface area (Å²) in [6.45, 7) is 16.6. The lowest BCUT2D eigenvalue weighted by Gasteiger charge is -2.16. The fourth-order valence-electron chi connectivity index (χ4n) is 3.70. The van der Waals surface area contributed by atoms with Gasteiger partial charge in [0, 0.05) is 13.5 Å². The molecular formula is C33H50N2O4. The maximum absolute atomic E-state index is 11.5. The standard InChI is InChI=1S/C19H22O2.C12H22N2O2.C2H6/c1-5-14(3)18-12-17(10-11-19(18)21-15(4)20)16-8-6-13(2)7-9-16;1-3-5-6-7-10-16-11(4-2)12(15)14-9-8-13;1-2/h6-12,14H,5H2,1-4H3;11H,3-7,9-10H2,1-2H3,(H,14,15);1-2H3/t;11-;/m.0./s1. The molecule has 216 valence electrons. The van der Waals surface area contributed by atoms with Gasteiger partial charge in [-0.05, 0) is 60.9 Å². The lowest BCUT2D eigenvalue weighted by atomic mass is 9.93. The van der Waals surface area contributed by atoms with Gasteiger partial charge in [0.2, 0.25) is 5.91 Å². The van der Waals surface area contributed by atoms with Gasteiger partial charge in [0.25, 0.3) is 0 Å². The summed E-state index contributed by atoms with van der Waals surface area (Å²) in [5.74, 6) is 0.569. The molecule has 2 rings (SSSR count). The van der Waals surface area contributed by atoms with Crippen LogP contribution in [0.25, 0.3) is 11.1 Å². The summed E-state index contributed by atoms with van der Waals surface area (Å²) in [7, 11) is 0. The van der Waals surface area contributed by atoms with E-state index in [2.05, 4.69) is 63.3 Å². The number of unbranched alkanes of at least 4 members (excludes halogenated alkanes) is 3. The molecule has 0 bridgehead atoms. The molecule has 0 aliphatic rings. The Morgan fingerprint density at radius 3 is 2.13 bits per heavy atom. The van der Waals surface area contributed by atoms with Crippen molar-refractivity contribution in [3.8, 4) is 22.9 Å². The summed E-state index contributed by atoms with van der Waals surface area (Å²) in [6, 6.07) is 16.4. The summed E-state index contributed by atoms with van der Waals surface area (Å²) in [6.07, 6.45) is 5.79. The van der Waals surface area contributed by atoms with E-state index < -0.39 is 6.10 Å². The number of esters is 1. The average Bonchev–Trinajstić information content (AvgIpc) is 2.95. The summed E-state index contributed by atoms with van der Waals surface area (Å²) in [4.78, 5) is 22.7. The van der Waals surface area contributed by atoms with Crippen molar-refractivity contribution < 1.29 is 19.1 Å². The van der Waals surface area contributed by atoms with Gasteiger partial charge < -0.3 is 14.8 Å². The molecule has 1 N–H and O–H groups in total. The number of ether oxygens (including phenoxy) is 2. The maximum atomic E-state index is 11.5. The van der Waals surface area contributed by atoms with E-state index in [1.807, 2.05) is 39.0 Å². The van der Waals surface area contributed by atoms with Gasteiger partial charge in [-0.1, -0.05) is 96.7 Å². The van der Waals surface area contributed by atoms with Crippen molar-refractivity contribution in [2.24, 2.45) is 0 Å². The van der Waals surface area contributed by atoms with Crippen molar-refractivity contribution in [1.29, 1.82) is 5.26 Å². The zero-order valence-corrected chi connectivity index (χ0v) is 25.4. The maximum Gasteiger partial charge on any atom is 0.308 e. The summed E-state index contributed by atoms with van der Waals surface area (Å²) in [5, 5.41) is 10.8. The van der Waals surface area contributed by atoms with Crippen LogP contribution in [0.2, 0.25) is 0 Å². The number of benzene rings is 2. The first-order chi connectivity index (χ1) is 18.8. The number of amides is 1.